The Hall–Kier alpha value is -0.970. The van der Waals surface area contributed by atoms with Crippen LogP contribution in [0.5, 0.6) is 0 Å². The molecular weight excluding hydrogens is 186 g/mol. The van der Waals surface area contributed by atoms with Gasteiger partial charge in [0.2, 0.25) is 5.91 Å². The molecule has 0 aromatic heterocycles. The summed E-state index contributed by atoms with van der Waals surface area (Å²) in [4.78, 5) is 13.9. The van der Waals surface area contributed by atoms with E-state index >= 15 is 0 Å². The lowest BCUT2D eigenvalue weighted by molar-refractivity contribution is -0.131. The second kappa shape index (κ2) is 4.70. The fourth-order valence-electron chi connectivity index (χ4n) is 2.91. The zero-order valence-corrected chi connectivity index (χ0v) is 9.24. The minimum absolute atomic E-state index is 0.264. The van der Waals surface area contributed by atoms with Crippen molar-refractivity contribution in [2.24, 2.45) is 11.8 Å². The molecule has 0 radical (unpaired) electrons. The van der Waals surface area contributed by atoms with E-state index in [0.717, 1.165) is 24.9 Å². The standard InChI is InChI=1S/C13H19NO/c1-2-3-4-13(15)14-8-7-11-5-6-12(9-11)10-14/h1,11-12H,3-10H2. The van der Waals surface area contributed by atoms with Crippen LogP contribution in [0.4, 0.5) is 0 Å². The second-order valence-corrected chi connectivity index (χ2v) is 4.88. The Balaban J connectivity index is 1.88. The molecule has 1 saturated heterocycles. The summed E-state index contributed by atoms with van der Waals surface area (Å²) >= 11 is 0. The van der Waals surface area contributed by atoms with Crippen LogP contribution in [0.1, 0.15) is 38.5 Å². The maximum atomic E-state index is 11.8. The number of amides is 1. The summed E-state index contributed by atoms with van der Waals surface area (Å²) in [5.74, 6) is 4.46. The van der Waals surface area contributed by atoms with Crippen LogP contribution >= 0.6 is 0 Å². The topological polar surface area (TPSA) is 20.3 Å². The van der Waals surface area contributed by atoms with Crippen LogP contribution in [0.3, 0.4) is 0 Å². The molecule has 1 amide bonds. The molecule has 1 aliphatic carbocycles. The third-order valence-electron chi connectivity index (χ3n) is 3.77. The molecule has 2 bridgehead atoms. The summed E-state index contributed by atoms with van der Waals surface area (Å²) in [6.07, 6.45) is 11.6. The highest BCUT2D eigenvalue weighted by Crippen LogP contribution is 2.36. The van der Waals surface area contributed by atoms with E-state index in [4.69, 9.17) is 6.42 Å². The molecular formula is C13H19NO. The van der Waals surface area contributed by atoms with Crippen LogP contribution in [0, 0.1) is 24.2 Å². The third-order valence-corrected chi connectivity index (χ3v) is 3.77. The summed E-state index contributed by atoms with van der Waals surface area (Å²) < 4.78 is 0. The van der Waals surface area contributed by atoms with Crippen LogP contribution in [-0.2, 0) is 4.79 Å². The number of carbonyl (C=O) groups is 1. The molecule has 2 atom stereocenters. The fourth-order valence-corrected chi connectivity index (χ4v) is 2.91. The Morgan fingerprint density at radius 1 is 1.33 bits per heavy atom. The van der Waals surface area contributed by atoms with Gasteiger partial charge in [0, 0.05) is 25.9 Å². The Morgan fingerprint density at radius 2 is 2.13 bits per heavy atom. The van der Waals surface area contributed by atoms with Crippen molar-refractivity contribution in [3.63, 3.8) is 0 Å². The molecule has 2 rings (SSSR count). The number of fused-ring (bicyclic) bond motifs is 2. The van der Waals surface area contributed by atoms with E-state index in [1.807, 2.05) is 4.90 Å². The molecule has 1 heterocycles. The molecule has 2 fully saturated rings. The highest BCUT2D eigenvalue weighted by atomic mass is 16.2. The lowest BCUT2D eigenvalue weighted by atomic mass is 10.0. The van der Waals surface area contributed by atoms with Crippen LogP contribution in [0.2, 0.25) is 0 Å². The zero-order valence-electron chi connectivity index (χ0n) is 9.24. The smallest absolute Gasteiger partial charge is 0.223 e. The average molecular weight is 205 g/mol. The van der Waals surface area contributed by atoms with Crippen molar-refractivity contribution in [2.75, 3.05) is 13.1 Å². The van der Waals surface area contributed by atoms with Crippen molar-refractivity contribution in [3.8, 4) is 12.3 Å². The molecule has 1 saturated carbocycles. The number of terminal acetylenes is 1. The van der Waals surface area contributed by atoms with Crippen molar-refractivity contribution >= 4 is 5.91 Å². The number of carbonyl (C=O) groups excluding carboxylic acids is 1. The second-order valence-electron chi connectivity index (χ2n) is 4.88. The largest absolute Gasteiger partial charge is 0.342 e. The van der Waals surface area contributed by atoms with Crippen LogP contribution in [-0.4, -0.2) is 23.9 Å². The van der Waals surface area contributed by atoms with Gasteiger partial charge < -0.3 is 4.90 Å². The van der Waals surface area contributed by atoms with E-state index in [1.54, 1.807) is 0 Å². The summed E-state index contributed by atoms with van der Waals surface area (Å²) in [7, 11) is 0. The number of rotatable bonds is 2. The van der Waals surface area contributed by atoms with Gasteiger partial charge in [-0.25, -0.2) is 0 Å². The van der Waals surface area contributed by atoms with E-state index in [1.165, 1.54) is 25.7 Å². The first kappa shape index (κ1) is 10.5. The predicted octanol–water partition coefficient (Wildman–Crippen LogP) is 2.05. The number of hydrogen-bond acceptors (Lipinski definition) is 1. The molecule has 2 unspecified atom stereocenters. The first-order valence-corrected chi connectivity index (χ1v) is 6.01. The molecule has 0 aromatic carbocycles. The average Bonchev–Trinajstić information content (AvgIpc) is 2.55. The molecule has 0 spiro atoms. The van der Waals surface area contributed by atoms with Crippen molar-refractivity contribution in [3.05, 3.63) is 0 Å². The predicted molar refractivity (Wildman–Crippen MR) is 60.1 cm³/mol. The van der Waals surface area contributed by atoms with Gasteiger partial charge in [0.05, 0.1) is 0 Å². The van der Waals surface area contributed by atoms with Crippen molar-refractivity contribution in [1.82, 2.24) is 4.90 Å². The molecule has 0 N–H and O–H groups in total. The monoisotopic (exact) mass is 205 g/mol. The maximum absolute atomic E-state index is 11.8. The lowest BCUT2D eigenvalue weighted by Gasteiger charge is -2.24. The summed E-state index contributed by atoms with van der Waals surface area (Å²) in [6.45, 7) is 1.95. The Bertz CT molecular complexity index is 279. The van der Waals surface area contributed by atoms with Gasteiger partial charge in [-0.05, 0) is 31.1 Å². The fraction of sp³-hybridized carbons (Fsp3) is 0.769. The van der Waals surface area contributed by atoms with Gasteiger partial charge in [-0.15, -0.1) is 12.3 Å². The van der Waals surface area contributed by atoms with Gasteiger partial charge >= 0.3 is 0 Å². The molecule has 82 valence electrons. The summed E-state index contributed by atoms with van der Waals surface area (Å²) in [5.41, 5.74) is 0. The van der Waals surface area contributed by atoms with Crippen LogP contribution in [0.15, 0.2) is 0 Å². The quantitative estimate of drug-likeness (QED) is 0.632. The first-order chi connectivity index (χ1) is 7.29. The Kier molecular flexibility index (Phi) is 3.30. The number of likely N-dealkylation sites (tertiary alicyclic amines) is 1. The lowest BCUT2D eigenvalue weighted by Crippen LogP contribution is -2.34. The number of nitrogens with zero attached hydrogens (tertiary/aromatic N) is 1. The van der Waals surface area contributed by atoms with E-state index in [9.17, 15) is 4.79 Å². The number of hydrogen-bond donors (Lipinski definition) is 0. The van der Waals surface area contributed by atoms with Gasteiger partial charge in [0.1, 0.15) is 0 Å². The Morgan fingerprint density at radius 3 is 2.93 bits per heavy atom. The van der Waals surface area contributed by atoms with Crippen molar-refractivity contribution in [1.29, 1.82) is 0 Å². The van der Waals surface area contributed by atoms with E-state index in [-0.39, 0.29) is 5.91 Å². The molecule has 0 aromatic rings. The molecule has 1 aliphatic heterocycles. The first-order valence-electron chi connectivity index (χ1n) is 6.01. The van der Waals surface area contributed by atoms with E-state index in [2.05, 4.69) is 5.92 Å². The van der Waals surface area contributed by atoms with Gasteiger partial charge in [-0.2, -0.15) is 0 Å². The summed E-state index contributed by atoms with van der Waals surface area (Å²) in [6, 6.07) is 0. The highest BCUT2D eigenvalue weighted by molar-refractivity contribution is 5.76. The molecule has 2 aliphatic rings. The minimum Gasteiger partial charge on any atom is -0.342 e. The highest BCUT2D eigenvalue weighted by Gasteiger charge is 2.31. The molecule has 2 nitrogen and oxygen atoms in total. The van der Waals surface area contributed by atoms with Gasteiger partial charge in [0.15, 0.2) is 0 Å². The SMILES string of the molecule is C#CCCC(=O)N1CCC2CCC(C2)C1. The van der Waals surface area contributed by atoms with Crippen molar-refractivity contribution in [2.45, 2.75) is 38.5 Å². The normalized spacial score (nSPS) is 29.7. The van der Waals surface area contributed by atoms with E-state index < -0.39 is 0 Å². The molecule has 15 heavy (non-hydrogen) atoms. The van der Waals surface area contributed by atoms with Gasteiger partial charge in [0.25, 0.3) is 0 Å². The minimum atomic E-state index is 0.264. The van der Waals surface area contributed by atoms with Gasteiger partial charge in [-0.3, -0.25) is 4.79 Å². The van der Waals surface area contributed by atoms with Gasteiger partial charge in [-0.1, -0.05) is 6.42 Å². The van der Waals surface area contributed by atoms with Crippen LogP contribution in [0.25, 0.3) is 0 Å². The molecule has 2 heteroatoms. The zero-order chi connectivity index (χ0) is 10.7. The van der Waals surface area contributed by atoms with E-state index in [0.29, 0.717) is 12.8 Å². The third kappa shape index (κ3) is 2.53. The maximum Gasteiger partial charge on any atom is 0.223 e. The summed E-state index contributed by atoms with van der Waals surface area (Å²) in [5, 5.41) is 0. The Labute approximate surface area is 92.0 Å². The van der Waals surface area contributed by atoms with Crippen LogP contribution < -0.4 is 0 Å². The van der Waals surface area contributed by atoms with Crippen molar-refractivity contribution < 1.29 is 4.79 Å².